The Bertz CT molecular complexity index is 629. The van der Waals surface area contributed by atoms with Gasteiger partial charge in [0.1, 0.15) is 0 Å². The number of anilines is 2. The van der Waals surface area contributed by atoms with Crippen LogP contribution in [0.3, 0.4) is 0 Å². The van der Waals surface area contributed by atoms with Gasteiger partial charge in [-0.05, 0) is 56.2 Å². The first-order valence-electron chi connectivity index (χ1n) is 7.22. The molecule has 0 saturated heterocycles. The maximum Gasteiger partial charge on any atom is 0.260 e. The summed E-state index contributed by atoms with van der Waals surface area (Å²) in [6.45, 7) is 6.90. The van der Waals surface area contributed by atoms with Crippen LogP contribution >= 0.6 is 0 Å². The highest BCUT2D eigenvalue weighted by molar-refractivity contribution is 6.09. The zero-order chi connectivity index (χ0) is 15.4. The summed E-state index contributed by atoms with van der Waals surface area (Å²) < 4.78 is 0. The van der Waals surface area contributed by atoms with Gasteiger partial charge in [0, 0.05) is 25.0 Å². The summed E-state index contributed by atoms with van der Waals surface area (Å²) in [4.78, 5) is 14.5. The number of carbonyl (C=O) groups excluding carboxylic acids is 1. The summed E-state index contributed by atoms with van der Waals surface area (Å²) in [6.07, 6.45) is 0. The first-order chi connectivity index (χ1) is 10.0. The highest BCUT2D eigenvalue weighted by Crippen LogP contribution is 2.22. The molecule has 0 fully saturated rings. The number of aryl methyl sites for hydroxylation is 2. The van der Waals surface area contributed by atoms with E-state index in [1.165, 1.54) is 0 Å². The normalized spacial score (nSPS) is 10.3. The van der Waals surface area contributed by atoms with E-state index in [1.807, 2.05) is 64.2 Å². The third-order valence-corrected chi connectivity index (χ3v) is 3.42. The lowest BCUT2D eigenvalue weighted by molar-refractivity contribution is 0.0994. The van der Waals surface area contributed by atoms with E-state index in [1.54, 1.807) is 4.90 Å². The van der Waals surface area contributed by atoms with E-state index in [4.69, 9.17) is 0 Å². The highest BCUT2D eigenvalue weighted by atomic mass is 16.2. The zero-order valence-electron chi connectivity index (χ0n) is 13.1. The van der Waals surface area contributed by atoms with Gasteiger partial charge in [-0.25, -0.2) is 0 Å². The predicted octanol–water partition coefficient (Wildman–Crippen LogP) is 4.01. The molecule has 0 aliphatic rings. The van der Waals surface area contributed by atoms with Crippen LogP contribution in [0.15, 0.2) is 42.5 Å². The predicted molar refractivity (Wildman–Crippen MR) is 89.3 cm³/mol. The summed E-state index contributed by atoms with van der Waals surface area (Å²) >= 11 is 0. The summed E-state index contributed by atoms with van der Waals surface area (Å²) in [5, 5.41) is 3.24. The van der Waals surface area contributed by atoms with Crippen molar-refractivity contribution in [2.24, 2.45) is 0 Å². The topological polar surface area (TPSA) is 32.3 Å². The van der Waals surface area contributed by atoms with Gasteiger partial charge in [0.15, 0.2) is 0 Å². The van der Waals surface area contributed by atoms with Gasteiger partial charge in [-0.3, -0.25) is 4.79 Å². The molecule has 3 nitrogen and oxygen atoms in total. The van der Waals surface area contributed by atoms with Gasteiger partial charge in [0.25, 0.3) is 5.91 Å². The van der Waals surface area contributed by atoms with Gasteiger partial charge in [-0.1, -0.05) is 18.2 Å². The van der Waals surface area contributed by atoms with Gasteiger partial charge >= 0.3 is 0 Å². The van der Waals surface area contributed by atoms with Crippen LogP contribution in [0, 0.1) is 13.8 Å². The molecule has 0 atom stereocenters. The molecule has 0 bridgehead atoms. The summed E-state index contributed by atoms with van der Waals surface area (Å²) in [7, 11) is 1.82. The van der Waals surface area contributed by atoms with Crippen molar-refractivity contribution in [2.45, 2.75) is 20.8 Å². The molecule has 110 valence electrons. The minimum Gasteiger partial charge on any atom is -0.385 e. The number of nitrogens with zero attached hydrogens (tertiary/aromatic N) is 1. The van der Waals surface area contributed by atoms with Gasteiger partial charge in [0.05, 0.1) is 5.56 Å². The molecule has 0 aliphatic heterocycles. The van der Waals surface area contributed by atoms with Crippen molar-refractivity contribution < 1.29 is 4.79 Å². The zero-order valence-corrected chi connectivity index (χ0v) is 13.1. The Balaban J connectivity index is 2.35. The second-order valence-electron chi connectivity index (χ2n) is 5.29. The molecule has 2 aromatic carbocycles. The standard InChI is InChI=1S/C18H22N2O/c1-5-19-17-9-7-6-8-16(17)18(21)20(4)15-11-13(2)10-14(3)12-15/h6-12,19H,5H2,1-4H3. The quantitative estimate of drug-likeness (QED) is 0.919. The van der Waals surface area contributed by atoms with Crippen LogP contribution in [0.1, 0.15) is 28.4 Å². The second-order valence-corrected chi connectivity index (χ2v) is 5.29. The molecule has 0 aromatic heterocycles. The molecule has 1 N–H and O–H groups in total. The van der Waals surface area contributed by atoms with Gasteiger partial charge in [-0.2, -0.15) is 0 Å². The second kappa shape index (κ2) is 6.44. The monoisotopic (exact) mass is 282 g/mol. The van der Waals surface area contributed by atoms with Crippen molar-refractivity contribution in [3.05, 3.63) is 59.2 Å². The number of rotatable bonds is 4. The Morgan fingerprint density at radius 2 is 1.71 bits per heavy atom. The number of para-hydroxylation sites is 1. The Hall–Kier alpha value is -2.29. The Kier molecular flexibility index (Phi) is 4.63. The third-order valence-electron chi connectivity index (χ3n) is 3.42. The number of hydrogen-bond donors (Lipinski definition) is 1. The van der Waals surface area contributed by atoms with Crippen molar-refractivity contribution in [1.29, 1.82) is 0 Å². The molecule has 0 heterocycles. The average Bonchev–Trinajstić information content (AvgIpc) is 2.45. The Morgan fingerprint density at radius 1 is 1.10 bits per heavy atom. The van der Waals surface area contributed by atoms with E-state index in [-0.39, 0.29) is 5.91 Å². The van der Waals surface area contributed by atoms with Crippen molar-refractivity contribution in [2.75, 3.05) is 23.8 Å². The van der Waals surface area contributed by atoms with Crippen molar-refractivity contribution in [3.63, 3.8) is 0 Å². The van der Waals surface area contributed by atoms with E-state index in [0.717, 1.165) is 29.0 Å². The maximum absolute atomic E-state index is 12.7. The molecule has 0 saturated carbocycles. The molecule has 0 radical (unpaired) electrons. The van der Waals surface area contributed by atoms with E-state index < -0.39 is 0 Å². The van der Waals surface area contributed by atoms with Crippen molar-refractivity contribution in [3.8, 4) is 0 Å². The fourth-order valence-electron chi connectivity index (χ4n) is 2.46. The Morgan fingerprint density at radius 3 is 2.33 bits per heavy atom. The molecule has 0 spiro atoms. The fraction of sp³-hybridized carbons (Fsp3) is 0.278. The number of amides is 1. The maximum atomic E-state index is 12.7. The molecule has 0 aliphatic carbocycles. The third kappa shape index (κ3) is 3.43. The number of benzene rings is 2. The molecule has 2 rings (SSSR count). The van der Waals surface area contributed by atoms with Crippen molar-refractivity contribution >= 4 is 17.3 Å². The summed E-state index contributed by atoms with van der Waals surface area (Å²) in [6, 6.07) is 13.8. The van der Waals surface area contributed by atoms with Crippen LogP contribution in [0.25, 0.3) is 0 Å². The minimum absolute atomic E-state index is 0.00319. The van der Waals surface area contributed by atoms with Crippen LogP contribution < -0.4 is 10.2 Å². The largest absolute Gasteiger partial charge is 0.385 e. The Labute approximate surface area is 126 Å². The first kappa shape index (κ1) is 15.1. The highest BCUT2D eigenvalue weighted by Gasteiger charge is 2.17. The van der Waals surface area contributed by atoms with E-state index in [0.29, 0.717) is 5.56 Å². The molecular formula is C18H22N2O. The number of carbonyl (C=O) groups is 1. The molecule has 2 aromatic rings. The summed E-state index contributed by atoms with van der Waals surface area (Å²) in [5.41, 5.74) is 4.81. The summed E-state index contributed by atoms with van der Waals surface area (Å²) in [5.74, 6) is -0.00319. The van der Waals surface area contributed by atoms with Crippen LogP contribution in [0.5, 0.6) is 0 Å². The lowest BCUT2D eigenvalue weighted by Gasteiger charge is -2.20. The lowest BCUT2D eigenvalue weighted by Crippen LogP contribution is -2.27. The van der Waals surface area contributed by atoms with Crippen LogP contribution in [-0.4, -0.2) is 19.5 Å². The van der Waals surface area contributed by atoms with E-state index >= 15 is 0 Å². The van der Waals surface area contributed by atoms with Crippen LogP contribution in [0.2, 0.25) is 0 Å². The smallest absolute Gasteiger partial charge is 0.260 e. The van der Waals surface area contributed by atoms with E-state index in [9.17, 15) is 4.79 Å². The van der Waals surface area contributed by atoms with E-state index in [2.05, 4.69) is 11.4 Å². The molecule has 0 unspecified atom stereocenters. The number of nitrogens with one attached hydrogen (secondary N) is 1. The van der Waals surface area contributed by atoms with Gasteiger partial charge in [-0.15, -0.1) is 0 Å². The molecule has 1 amide bonds. The van der Waals surface area contributed by atoms with Gasteiger partial charge in [0.2, 0.25) is 0 Å². The molecule has 3 heteroatoms. The SMILES string of the molecule is CCNc1ccccc1C(=O)N(C)c1cc(C)cc(C)c1. The molecule has 21 heavy (non-hydrogen) atoms. The van der Waals surface area contributed by atoms with Gasteiger partial charge < -0.3 is 10.2 Å². The number of hydrogen-bond acceptors (Lipinski definition) is 2. The average molecular weight is 282 g/mol. The minimum atomic E-state index is -0.00319. The van der Waals surface area contributed by atoms with Crippen LogP contribution in [-0.2, 0) is 0 Å². The van der Waals surface area contributed by atoms with Crippen molar-refractivity contribution in [1.82, 2.24) is 0 Å². The molecular weight excluding hydrogens is 260 g/mol. The fourth-order valence-corrected chi connectivity index (χ4v) is 2.46. The first-order valence-corrected chi connectivity index (χ1v) is 7.22. The lowest BCUT2D eigenvalue weighted by atomic mass is 10.1. The van der Waals surface area contributed by atoms with Crippen LogP contribution in [0.4, 0.5) is 11.4 Å².